The Labute approximate surface area is 141 Å². The van der Waals surface area contributed by atoms with Crippen LogP contribution in [0.15, 0.2) is 39.2 Å². The third kappa shape index (κ3) is 3.86. The molecular formula is C15H15BrN2O3S. The lowest BCUT2D eigenvalue weighted by Crippen LogP contribution is -2.19. The van der Waals surface area contributed by atoms with E-state index in [1.807, 2.05) is 19.1 Å². The number of halogens is 1. The number of thiophene rings is 1. The van der Waals surface area contributed by atoms with E-state index < -0.39 is 0 Å². The number of hydrazone groups is 1. The van der Waals surface area contributed by atoms with Gasteiger partial charge in [-0.25, -0.2) is 5.43 Å². The molecular weight excluding hydrogens is 368 g/mol. The number of hydrogen-bond acceptors (Lipinski definition) is 5. The van der Waals surface area contributed by atoms with Gasteiger partial charge in [0.15, 0.2) is 11.5 Å². The lowest BCUT2D eigenvalue weighted by atomic mass is 10.2. The molecule has 0 aliphatic rings. The number of nitrogens with one attached hydrogen (secondary N) is 1. The van der Waals surface area contributed by atoms with Crippen LogP contribution in [0.25, 0.3) is 0 Å². The first-order valence-electron chi connectivity index (χ1n) is 6.37. The average Bonchev–Trinajstić information content (AvgIpc) is 2.98. The summed E-state index contributed by atoms with van der Waals surface area (Å²) in [6, 6.07) is 8.83. The third-order valence-electron chi connectivity index (χ3n) is 2.90. The monoisotopic (exact) mass is 382 g/mol. The molecule has 0 unspecified atom stereocenters. The van der Waals surface area contributed by atoms with E-state index in [4.69, 9.17) is 9.47 Å². The van der Waals surface area contributed by atoms with Gasteiger partial charge in [-0.15, -0.1) is 11.3 Å². The van der Waals surface area contributed by atoms with Crippen LogP contribution >= 0.6 is 27.3 Å². The van der Waals surface area contributed by atoms with Crippen molar-refractivity contribution in [1.29, 1.82) is 0 Å². The predicted molar refractivity (Wildman–Crippen MR) is 91.2 cm³/mol. The molecule has 1 N–H and O–H groups in total. The van der Waals surface area contributed by atoms with E-state index in [9.17, 15) is 4.79 Å². The quantitative estimate of drug-likeness (QED) is 0.633. The summed E-state index contributed by atoms with van der Waals surface area (Å²) in [5.41, 5.74) is 3.73. The average molecular weight is 383 g/mol. The van der Waals surface area contributed by atoms with Gasteiger partial charge in [-0.2, -0.15) is 5.10 Å². The molecule has 0 atom stereocenters. The smallest absolute Gasteiger partial charge is 0.271 e. The molecule has 1 aromatic heterocycles. The Balaban J connectivity index is 2.12. The van der Waals surface area contributed by atoms with E-state index >= 15 is 0 Å². The van der Waals surface area contributed by atoms with Crippen LogP contribution in [-0.2, 0) is 0 Å². The maximum absolute atomic E-state index is 12.1. The summed E-state index contributed by atoms with van der Waals surface area (Å²) >= 11 is 4.95. The first-order chi connectivity index (χ1) is 10.5. The fourth-order valence-electron chi connectivity index (χ4n) is 1.74. The number of methoxy groups -OCH3 is 2. The van der Waals surface area contributed by atoms with Gasteiger partial charge in [-0.05, 0) is 53.2 Å². The number of benzene rings is 1. The van der Waals surface area contributed by atoms with Gasteiger partial charge in [0.25, 0.3) is 5.91 Å². The van der Waals surface area contributed by atoms with Crippen LogP contribution in [0, 0.1) is 0 Å². The first-order valence-corrected chi connectivity index (χ1v) is 7.98. The van der Waals surface area contributed by atoms with Crippen LogP contribution in [0.4, 0.5) is 0 Å². The molecule has 0 fully saturated rings. The van der Waals surface area contributed by atoms with Crippen molar-refractivity contribution in [3.8, 4) is 11.5 Å². The highest BCUT2D eigenvalue weighted by Crippen LogP contribution is 2.27. The second-order valence-corrected chi connectivity index (χ2v) is 6.77. The molecule has 0 aliphatic heterocycles. The molecule has 0 spiro atoms. The van der Waals surface area contributed by atoms with Crippen molar-refractivity contribution in [2.24, 2.45) is 5.10 Å². The van der Waals surface area contributed by atoms with Crippen molar-refractivity contribution < 1.29 is 14.3 Å². The van der Waals surface area contributed by atoms with Gasteiger partial charge in [0.1, 0.15) is 0 Å². The van der Waals surface area contributed by atoms with Gasteiger partial charge in [0.2, 0.25) is 0 Å². The van der Waals surface area contributed by atoms with E-state index in [-0.39, 0.29) is 5.91 Å². The summed E-state index contributed by atoms with van der Waals surface area (Å²) in [5, 5.41) is 4.12. The number of rotatable bonds is 5. The van der Waals surface area contributed by atoms with Gasteiger partial charge >= 0.3 is 0 Å². The highest BCUT2D eigenvalue weighted by molar-refractivity contribution is 9.11. The van der Waals surface area contributed by atoms with Gasteiger partial charge in [0.05, 0.1) is 28.6 Å². The van der Waals surface area contributed by atoms with E-state index in [0.29, 0.717) is 17.1 Å². The van der Waals surface area contributed by atoms with Crippen LogP contribution < -0.4 is 14.9 Å². The molecule has 0 aliphatic carbocycles. The Kier molecular flexibility index (Phi) is 5.57. The summed E-state index contributed by atoms with van der Waals surface area (Å²) in [4.78, 5) is 13.1. The van der Waals surface area contributed by atoms with E-state index in [1.165, 1.54) is 7.11 Å². The van der Waals surface area contributed by atoms with Crippen molar-refractivity contribution in [3.63, 3.8) is 0 Å². The Morgan fingerprint density at radius 1 is 1.18 bits per heavy atom. The minimum absolute atomic E-state index is 0.309. The second-order valence-electron chi connectivity index (χ2n) is 4.31. The summed E-state index contributed by atoms with van der Waals surface area (Å²) in [5.74, 6) is 0.760. The molecule has 5 nitrogen and oxygen atoms in total. The lowest BCUT2D eigenvalue weighted by Gasteiger charge is -2.08. The summed E-state index contributed by atoms with van der Waals surface area (Å²) in [6.07, 6.45) is 0. The molecule has 1 amide bonds. The van der Waals surface area contributed by atoms with Crippen molar-refractivity contribution in [2.75, 3.05) is 14.2 Å². The molecule has 0 bridgehead atoms. The maximum Gasteiger partial charge on any atom is 0.271 e. The molecule has 1 aromatic carbocycles. The van der Waals surface area contributed by atoms with Crippen LogP contribution in [0.1, 0.15) is 22.2 Å². The number of carbonyl (C=O) groups is 1. The minimum Gasteiger partial charge on any atom is -0.493 e. The zero-order chi connectivity index (χ0) is 16.1. The normalized spacial score (nSPS) is 11.2. The first kappa shape index (κ1) is 16.5. The molecule has 7 heteroatoms. The van der Waals surface area contributed by atoms with Crippen molar-refractivity contribution in [3.05, 3.63) is 44.6 Å². The van der Waals surface area contributed by atoms with Crippen molar-refractivity contribution in [2.45, 2.75) is 6.92 Å². The van der Waals surface area contributed by atoms with Gasteiger partial charge in [-0.1, -0.05) is 0 Å². The van der Waals surface area contributed by atoms with Crippen LogP contribution in [-0.4, -0.2) is 25.8 Å². The Hall–Kier alpha value is -1.86. The Morgan fingerprint density at radius 3 is 2.50 bits per heavy atom. The van der Waals surface area contributed by atoms with Crippen molar-refractivity contribution >= 4 is 38.9 Å². The summed E-state index contributed by atoms with van der Waals surface area (Å²) < 4.78 is 11.3. The molecule has 116 valence electrons. The van der Waals surface area contributed by atoms with Crippen LogP contribution in [0.5, 0.6) is 11.5 Å². The Morgan fingerprint density at radius 2 is 1.91 bits per heavy atom. The molecule has 1 heterocycles. The van der Waals surface area contributed by atoms with Gasteiger partial charge in [0, 0.05) is 5.56 Å². The van der Waals surface area contributed by atoms with E-state index in [1.54, 1.807) is 36.6 Å². The fourth-order valence-corrected chi connectivity index (χ4v) is 3.07. The number of carbonyl (C=O) groups excluding carboxylic acids is 1. The van der Waals surface area contributed by atoms with Gasteiger partial charge < -0.3 is 9.47 Å². The van der Waals surface area contributed by atoms with Crippen LogP contribution in [0.2, 0.25) is 0 Å². The van der Waals surface area contributed by atoms with E-state index in [0.717, 1.165) is 14.4 Å². The highest BCUT2D eigenvalue weighted by atomic mass is 79.9. The van der Waals surface area contributed by atoms with Gasteiger partial charge in [-0.3, -0.25) is 4.79 Å². The largest absolute Gasteiger partial charge is 0.493 e. The molecule has 0 radical (unpaired) electrons. The van der Waals surface area contributed by atoms with Crippen molar-refractivity contribution in [1.82, 2.24) is 5.43 Å². The Bertz CT molecular complexity index is 713. The molecule has 22 heavy (non-hydrogen) atoms. The highest BCUT2D eigenvalue weighted by Gasteiger charge is 2.10. The zero-order valence-electron chi connectivity index (χ0n) is 12.3. The summed E-state index contributed by atoms with van der Waals surface area (Å²) in [6.45, 7) is 1.84. The summed E-state index contributed by atoms with van der Waals surface area (Å²) in [7, 11) is 3.07. The molecule has 0 saturated carbocycles. The maximum atomic E-state index is 12.1. The number of ether oxygens (including phenoxy) is 2. The standard InChI is InChI=1S/C15H15BrN2O3S/c1-9(13-6-7-14(16)22-13)17-18-15(19)10-4-5-11(20-2)12(8-10)21-3/h4-8H,1-3H3,(H,18,19). The fraction of sp³-hybridized carbons (Fsp3) is 0.200. The van der Waals surface area contributed by atoms with E-state index in [2.05, 4.69) is 26.5 Å². The molecule has 2 aromatic rings. The minimum atomic E-state index is -0.309. The second kappa shape index (κ2) is 7.42. The number of nitrogens with zero attached hydrogens (tertiary/aromatic N) is 1. The predicted octanol–water partition coefficient (Wildman–Crippen LogP) is 3.68. The number of amides is 1. The molecule has 2 rings (SSSR count). The zero-order valence-corrected chi connectivity index (χ0v) is 14.7. The lowest BCUT2D eigenvalue weighted by molar-refractivity contribution is 0.0954. The third-order valence-corrected chi connectivity index (χ3v) is 4.63. The number of hydrogen-bond donors (Lipinski definition) is 1. The topological polar surface area (TPSA) is 59.9 Å². The molecule has 0 saturated heterocycles. The SMILES string of the molecule is COc1ccc(C(=O)NN=C(C)c2ccc(Br)s2)cc1OC. The van der Waals surface area contributed by atoms with Crippen LogP contribution in [0.3, 0.4) is 0 Å².